The van der Waals surface area contributed by atoms with E-state index in [-0.39, 0.29) is 10.3 Å². The maximum atomic E-state index is 5.56. The lowest BCUT2D eigenvalue weighted by molar-refractivity contribution is 0.0692. The van der Waals surface area contributed by atoms with E-state index >= 15 is 0 Å². The summed E-state index contributed by atoms with van der Waals surface area (Å²) < 4.78 is 8.10. The summed E-state index contributed by atoms with van der Waals surface area (Å²) in [6.45, 7) is 16.8. The van der Waals surface area contributed by atoms with E-state index in [1.54, 1.807) is 0 Å². The molecule has 0 N–H and O–H groups in total. The maximum Gasteiger partial charge on any atom is 0.160 e. The summed E-state index contributed by atoms with van der Waals surface area (Å²) in [6, 6.07) is 0.677. The highest BCUT2D eigenvalue weighted by atomic mass is 32.2. The lowest BCUT2D eigenvalue weighted by Gasteiger charge is -2.36. The van der Waals surface area contributed by atoms with Gasteiger partial charge in [0.1, 0.15) is 0 Å². The predicted octanol–water partition coefficient (Wildman–Crippen LogP) is 5.84. The van der Waals surface area contributed by atoms with E-state index in [9.17, 15) is 0 Å². The van der Waals surface area contributed by atoms with Crippen LogP contribution in [0.25, 0.3) is 0 Å². The van der Waals surface area contributed by atoms with Crippen LogP contribution in [0, 0.1) is 25.7 Å². The van der Waals surface area contributed by atoms with Crippen molar-refractivity contribution in [1.29, 1.82) is 0 Å². The number of hydrogen-bond acceptors (Lipinski definition) is 5. The molecule has 3 aliphatic carbocycles. The normalized spacial score (nSPS) is 32.9. The molecule has 0 aromatic carbocycles. The third kappa shape index (κ3) is 3.46. The Hall–Kier alpha value is -1.53. The van der Waals surface area contributed by atoms with Crippen LogP contribution in [0.3, 0.4) is 0 Å². The molecular weight excluding hydrogens is 428 g/mol. The third-order valence-electron chi connectivity index (χ3n) is 8.73. The number of aromatic nitrogens is 1. The summed E-state index contributed by atoms with van der Waals surface area (Å²) in [6.07, 6.45) is 10.4. The third-order valence-corrected chi connectivity index (χ3v) is 10.4. The zero-order valence-corrected chi connectivity index (χ0v) is 21.5. The standard InChI is InChI=1S/C27H38N4OS/c1-17(2)24(27-16-26(27,5)29-25(33-27)30-11-13-32-14-12-30)28-22-18(3)15-31(19(22)4)23(21-9-10-21)20-7-6-8-20/h15,20-21,23H,1,6-14,16H2,2-5H3. The van der Waals surface area contributed by atoms with E-state index in [1.807, 2.05) is 11.8 Å². The van der Waals surface area contributed by atoms with Gasteiger partial charge in [0.15, 0.2) is 5.17 Å². The average molecular weight is 467 g/mol. The highest BCUT2D eigenvalue weighted by Crippen LogP contribution is 2.67. The van der Waals surface area contributed by atoms with Crippen molar-refractivity contribution in [2.45, 2.75) is 82.5 Å². The summed E-state index contributed by atoms with van der Waals surface area (Å²) in [7, 11) is 0. The SMILES string of the molecule is C=C(C)C(=Nc1c(C)cn(C(C2CCC2)C2CC2)c1C)C12CC1(C)N=C(N1CCOCC1)S2. The Kier molecular flexibility index (Phi) is 5.15. The molecule has 6 rings (SSSR count). The number of aryl methyl sites for hydroxylation is 1. The molecule has 1 saturated heterocycles. The van der Waals surface area contributed by atoms with Crippen LogP contribution in [0.4, 0.5) is 5.69 Å². The molecule has 178 valence electrons. The van der Waals surface area contributed by atoms with Gasteiger partial charge in [-0.1, -0.05) is 24.8 Å². The van der Waals surface area contributed by atoms with E-state index in [2.05, 4.69) is 49.9 Å². The first-order chi connectivity index (χ1) is 15.8. The monoisotopic (exact) mass is 466 g/mol. The number of fused-ring (bicyclic) bond motifs is 1. The minimum atomic E-state index is -0.0735. The summed E-state index contributed by atoms with van der Waals surface area (Å²) in [4.78, 5) is 13.0. The van der Waals surface area contributed by atoms with Crippen molar-refractivity contribution in [3.05, 3.63) is 29.6 Å². The Balaban J connectivity index is 1.33. The number of hydrogen-bond donors (Lipinski definition) is 0. The van der Waals surface area contributed by atoms with Gasteiger partial charge in [0, 0.05) is 31.0 Å². The van der Waals surface area contributed by atoms with Crippen LogP contribution in [-0.4, -0.2) is 56.9 Å². The van der Waals surface area contributed by atoms with E-state index in [4.69, 9.17) is 14.7 Å². The molecule has 0 bridgehead atoms. The second-order valence-corrected chi connectivity index (χ2v) is 12.6. The van der Waals surface area contributed by atoms with E-state index in [0.717, 1.165) is 55.8 Å². The molecule has 1 aromatic rings. The lowest BCUT2D eigenvalue weighted by Crippen LogP contribution is -2.39. The van der Waals surface area contributed by atoms with E-state index in [1.165, 1.54) is 54.2 Å². The van der Waals surface area contributed by atoms with Crippen molar-refractivity contribution in [2.75, 3.05) is 26.3 Å². The molecular formula is C27H38N4OS. The molecule has 4 fully saturated rings. The number of rotatable bonds is 6. The minimum Gasteiger partial charge on any atom is -0.378 e. The Bertz CT molecular complexity index is 1040. The molecule has 1 aromatic heterocycles. The Labute approximate surface area is 202 Å². The van der Waals surface area contributed by atoms with Crippen molar-refractivity contribution < 1.29 is 4.74 Å². The Morgan fingerprint density at radius 3 is 2.52 bits per heavy atom. The van der Waals surface area contributed by atoms with E-state index in [0.29, 0.717) is 6.04 Å². The summed E-state index contributed by atoms with van der Waals surface area (Å²) in [5.41, 5.74) is 5.96. The van der Waals surface area contributed by atoms with Gasteiger partial charge in [-0.05, 0) is 82.8 Å². The minimum absolute atomic E-state index is 0.0721. The zero-order chi connectivity index (χ0) is 23.0. The second kappa shape index (κ2) is 7.74. The molecule has 5 aliphatic rings. The van der Waals surface area contributed by atoms with Gasteiger partial charge in [0.25, 0.3) is 0 Å². The van der Waals surface area contributed by atoms with Crippen molar-refractivity contribution >= 4 is 28.3 Å². The van der Waals surface area contributed by atoms with Crippen LogP contribution >= 0.6 is 11.8 Å². The molecule has 5 nitrogen and oxygen atoms in total. The van der Waals surface area contributed by atoms with Crippen molar-refractivity contribution in [2.24, 2.45) is 21.8 Å². The highest BCUT2D eigenvalue weighted by Gasteiger charge is 2.73. The average Bonchev–Trinajstić information content (AvgIpc) is 3.63. The molecule has 3 heterocycles. The van der Waals surface area contributed by atoms with Gasteiger partial charge in [-0.2, -0.15) is 0 Å². The Morgan fingerprint density at radius 1 is 1.21 bits per heavy atom. The van der Waals surface area contributed by atoms with Crippen LogP contribution < -0.4 is 0 Å². The molecule has 0 spiro atoms. The summed E-state index contributed by atoms with van der Waals surface area (Å²) in [5, 5.41) is 1.17. The predicted molar refractivity (Wildman–Crippen MR) is 138 cm³/mol. The molecule has 33 heavy (non-hydrogen) atoms. The molecule has 2 aliphatic heterocycles. The van der Waals surface area contributed by atoms with Crippen LogP contribution in [0.5, 0.6) is 0 Å². The van der Waals surface area contributed by atoms with Crippen molar-refractivity contribution in [3.8, 4) is 0 Å². The fourth-order valence-corrected chi connectivity index (χ4v) is 8.14. The molecule has 3 unspecified atom stereocenters. The Morgan fingerprint density at radius 2 is 1.91 bits per heavy atom. The van der Waals surface area contributed by atoms with Gasteiger partial charge in [0.2, 0.25) is 0 Å². The zero-order valence-electron chi connectivity index (χ0n) is 20.7. The quantitative estimate of drug-likeness (QED) is 0.495. The van der Waals surface area contributed by atoms with Crippen molar-refractivity contribution in [1.82, 2.24) is 9.47 Å². The van der Waals surface area contributed by atoms with Gasteiger partial charge in [0.05, 0.1) is 34.9 Å². The van der Waals surface area contributed by atoms with E-state index < -0.39 is 0 Å². The van der Waals surface area contributed by atoms with Gasteiger partial charge in [-0.25, -0.2) is 4.99 Å². The number of morpholine rings is 1. The summed E-state index contributed by atoms with van der Waals surface area (Å²) in [5.74, 6) is 1.74. The maximum absolute atomic E-state index is 5.56. The number of amidine groups is 1. The largest absolute Gasteiger partial charge is 0.378 e. The van der Waals surface area contributed by atoms with Gasteiger partial charge < -0.3 is 14.2 Å². The van der Waals surface area contributed by atoms with Crippen LogP contribution in [0.15, 0.2) is 28.3 Å². The summed E-state index contributed by atoms with van der Waals surface area (Å²) >= 11 is 1.93. The topological polar surface area (TPSA) is 42.1 Å². The van der Waals surface area contributed by atoms with Gasteiger partial charge >= 0.3 is 0 Å². The molecule has 0 radical (unpaired) electrons. The first-order valence-electron chi connectivity index (χ1n) is 12.9. The van der Waals surface area contributed by atoms with Crippen LogP contribution in [0.2, 0.25) is 0 Å². The number of nitrogens with zero attached hydrogens (tertiary/aromatic N) is 4. The number of ether oxygens (including phenoxy) is 1. The molecule has 3 atom stereocenters. The lowest BCUT2D eigenvalue weighted by atomic mass is 9.77. The first kappa shape index (κ1) is 22.0. The van der Waals surface area contributed by atoms with Crippen molar-refractivity contribution in [3.63, 3.8) is 0 Å². The second-order valence-electron chi connectivity index (χ2n) is 11.3. The molecule has 0 amide bonds. The van der Waals surface area contributed by atoms with Gasteiger partial charge in [-0.15, -0.1) is 0 Å². The highest BCUT2D eigenvalue weighted by molar-refractivity contribution is 8.16. The van der Waals surface area contributed by atoms with Gasteiger partial charge in [-0.3, -0.25) is 4.99 Å². The first-order valence-corrected chi connectivity index (χ1v) is 13.7. The smallest absolute Gasteiger partial charge is 0.160 e. The van der Waals surface area contributed by atoms with Crippen LogP contribution in [-0.2, 0) is 4.74 Å². The van der Waals surface area contributed by atoms with Crippen LogP contribution in [0.1, 0.15) is 69.7 Å². The molecule has 3 saturated carbocycles. The fourth-order valence-electron chi connectivity index (χ4n) is 6.34. The number of allylic oxidation sites excluding steroid dienone is 1. The fraction of sp³-hybridized carbons (Fsp3) is 0.704. The molecule has 6 heteroatoms. The number of thioether (sulfide) groups is 1. The number of aliphatic imine (C=N–C) groups is 2.